The second-order valence-electron chi connectivity index (χ2n) is 5.38. The highest BCUT2D eigenvalue weighted by molar-refractivity contribution is 7.91. The van der Waals surface area contributed by atoms with Crippen LogP contribution in [-0.4, -0.2) is 66.2 Å². The fourth-order valence-electron chi connectivity index (χ4n) is 2.48. The molecule has 128 valence electrons. The SMILES string of the molecule is COC(=O)C1CS(=O)(=O)CCN1C(=O)Cn1nc(C)c(Cl)c1C. The Morgan fingerprint density at radius 3 is 2.57 bits per heavy atom. The van der Waals surface area contributed by atoms with Crippen LogP contribution < -0.4 is 0 Å². The summed E-state index contributed by atoms with van der Waals surface area (Å²) in [5.74, 6) is -1.75. The summed E-state index contributed by atoms with van der Waals surface area (Å²) in [6.07, 6.45) is 0. The van der Waals surface area contributed by atoms with Gasteiger partial charge in [-0.2, -0.15) is 5.10 Å². The van der Waals surface area contributed by atoms with Gasteiger partial charge in [-0.3, -0.25) is 9.48 Å². The largest absolute Gasteiger partial charge is 0.467 e. The van der Waals surface area contributed by atoms with Crippen LogP contribution in [0.15, 0.2) is 0 Å². The summed E-state index contributed by atoms with van der Waals surface area (Å²) >= 11 is 6.04. The molecule has 23 heavy (non-hydrogen) atoms. The summed E-state index contributed by atoms with van der Waals surface area (Å²) in [6, 6.07) is -1.13. The van der Waals surface area contributed by atoms with Crippen LogP contribution in [0.2, 0.25) is 5.02 Å². The van der Waals surface area contributed by atoms with E-state index in [1.807, 2.05) is 0 Å². The Hall–Kier alpha value is -1.61. The minimum atomic E-state index is -3.38. The summed E-state index contributed by atoms with van der Waals surface area (Å²) in [5, 5.41) is 4.64. The number of carbonyl (C=O) groups excluding carboxylic acids is 2. The maximum Gasteiger partial charge on any atom is 0.329 e. The van der Waals surface area contributed by atoms with Gasteiger partial charge in [0.25, 0.3) is 0 Å². The average molecular weight is 364 g/mol. The molecule has 0 bridgehead atoms. The Bertz CT molecular complexity index is 743. The van der Waals surface area contributed by atoms with Gasteiger partial charge in [0.1, 0.15) is 12.6 Å². The zero-order chi connectivity index (χ0) is 17.4. The summed E-state index contributed by atoms with van der Waals surface area (Å²) in [5.41, 5.74) is 1.24. The summed E-state index contributed by atoms with van der Waals surface area (Å²) in [7, 11) is -2.22. The number of amides is 1. The topological polar surface area (TPSA) is 98.6 Å². The minimum absolute atomic E-state index is 0.0477. The maximum absolute atomic E-state index is 12.5. The van der Waals surface area contributed by atoms with Crippen molar-refractivity contribution in [1.29, 1.82) is 0 Å². The first-order valence-electron chi connectivity index (χ1n) is 6.93. The molecule has 2 rings (SSSR count). The van der Waals surface area contributed by atoms with E-state index in [-0.39, 0.29) is 18.8 Å². The van der Waals surface area contributed by atoms with Crippen molar-refractivity contribution in [3.63, 3.8) is 0 Å². The fourth-order valence-corrected chi connectivity index (χ4v) is 4.06. The second-order valence-corrected chi connectivity index (χ2v) is 7.99. The number of aromatic nitrogens is 2. The van der Waals surface area contributed by atoms with E-state index in [2.05, 4.69) is 9.84 Å². The van der Waals surface area contributed by atoms with E-state index in [9.17, 15) is 18.0 Å². The molecule has 1 aliphatic heterocycles. The van der Waals surface area contributed by atoms with Gasteiger partial charge in [0.15, 0.2) is 9.84 Å². The number of esters is 1. The molecular formula is C13H18ClN3O5S. The van der Waals surface area contributed by atoms with Crippen molar-refractivity contribution >= 4 is 33.3 Å². The van der Waals surface area contributed by atoms with Gasteiger partial charge in [-0.1, -0.05) is 11.6 Å². The van der Waals surface area contributed by atoms with E-state index in [4.69, 9.17) is 11.6 Å². The number of sulfone groups is 1. The normalized spacial score (nSPS) is 20.3. The van der Waals surface area contributed by atoms with Crippen LogP contribution in [0.4, 0.5) is 0 Å². The summed E-state index contributed by atoms with van der Waals surface area (Å²) < 4.78 is 29.5. The van der Waals surface area contributed by atoms with Crippen LogP contribution in [0, 0.1) is 13.8 Å². The van der Waals surface area contributed by atoms with Gasteiger partial charge in [-0.15, -0.1) is 0 Å². The minimum Gasteiger partial charge on any atom is -0.467 e. The summed E-state index contributed by atoms with van der Waals surface area (Å²) in [4.78, 5) is 25.6. The van der Waals surface area contributed by atoms with E-state index in [0.717, 1.165) is 7.11 Å². The molecule has 0 radical (unpaired) electrons. The predicted molar refractivity (Wildman–Crippen MR) is 82.9 cm³/mol. The molecule has 2 heterocycles. The molecule has 0 aromatic carbocycles. The predicted octanol–water partition coefficient (Wildman–Crippen LogP) is -0.0481. The molecule has 1 amide bonds. The van der Waals surface area contributed by atoms with Gasteiger partial charge in [-0.05, 0) is 13.8 Å². The van der Waals surface area contributed by atoms with Crippen LogP contribution in [0.25, 0.3) is 0 Å². The van der Waals surface area contributed by atoms with Crippen LogP contribution >= 0.6 is 11.6 Å². The third-order valence-electron chi connectivity index (χ3n) is 3.80. The molecule has 10 heteroatoms. The standard InChI is InChI=1S/C13H18ClN3O5S/c1-8-12(14)9(2)17(15-8)6-11(18)16-4-5-23(20,21)7-10(16)13(19)22-3/h10H,4-7H2,1-3H3. The lowest BCUT2D eigenvalue weighted by Gasteiger charge is -2.33. The molecule has 1 unspecified atom stereocenters. The Labute approximate surface area is 139 Å². The van der Waals surface area contributed by atoms with Gasteiger partial charge in [-0.25, -0.2) is 13.2 Å². The highest BCUT2D eigenvalue weighted by atomic mass is 35.5. The number of hydrogen-bond donors (Lipinski definition) is 0. The van der Waals surface area contributed by atoms with Crippen molar-refractivity contribution in [3.05, 3.63) is 16.4 Å². The quantitative estimate of drug-likeness (QED) is 0.698. The molecule has 0 N–H and O–H groups in total. The van der Waals surface area contributed by atoms with Gasteiger partial charge >= 0.3 is 5.97 Å². The Morgan fingerprint density at radius 2 is 2.04 bits per heavy atom. The number of aryl methyl sites for hydroxylation is 1. The Kier molecular flexibility index (Phi) is 5.00. The molecule has 1 fully saturated rings. The van der Waals surface area contributed by atoms with Crippen molar-refractivity contribution in [2.75, 3.05) is 25.2 Å². The van der Waals surface area contributed by atoms with E-state index < -0.39 is 33.5 Å². The third kappa shape index (κ3) is 3.66. The number of methoxy groups -OCH3 is 1. The molecule has 1 aromatic rings. The average Bonchev–Trinajstić information content (AvgIpc) is 2.72. The molecule has 1 atom stereocenters. The Morgan fingerprint density at radius 1 is 1.39 bits per heavy atom. The van der Waals surface area contributed by atoms with E-state index in [1.54, 1.807) is 13.8 Å². The lowest BCUT2D eigenvalue weighted by atomic mass is 10.2. The lowest BCUT2D eigenvalue weighted by Crippen LogP contribution is -2.55. The number of rotatable bonds is 3. The van der Waals surface area contributed by atoms with Gasteiger partial charge in [0, 0.05) is 6.54 Å². The zero-order valence-corrected chi connectivity index (χ0v) is 14.6. The second kappa shape index (κ2) is 6.48. The molecule has 1 aromatic heterocycles. The number of ether oxygens (including phenoxy) is 1. The first-order valence-corrected chi connectivity index (χ1v) is 9.13. The monoisotopic (exact) mass is 363 g/mol. The first kappa shape index (κ1) is 17.7. The van der Waals surface area contributed by atoms with Crippen molar-refractivity contribution in [2.24, 2.45) is 0 Å². The number of nitrogens with zero attached hydrogens (tertiary/aromatic N) is 3. The van der Waals surface area contributed by atoms with Crippen molar-refractivity contribution in [3.8, 4) is 0 Å². The van der Waals surface area contributed by atoms with Gasteiger partial charge in [0.05, 0.1) is 35.0 Å². The molecular weight excluding hydrogens is 346 g/mol. The van der Waals surface area contributed by atoms with Gasteiger partial charge in [0.2, 0.25) is 5.91 Å². The van der Waals surface area contributed by atoms with E-state index in [0.29, 0.717) is 16.4 Å². The highest BCUT2D eigenvalue weighted by Gasteiger charge is 2.39. The fraction of sp³-hybridized carbons (Fsp3) is 0.615. The molecule has 1 aliphatic rings. The van der Waals surface area contributed by atoms with Crippen molar-refractivity contribution in [2.45, 2.75) is 26.4 Å². The van der Waals surface area contributed by atoms with Crippen molar-refractivity contribution in [1.82, 2.24) is 14.7 Å². The number of hydrogen-bond acceptors (Lipinski definition) is 6. The lowest BCUT2D eigenvalue weighted by molar-refractivity contribution is -0.152. The molecule has 1 saturated heterocycles. The van der Waals surface area contributed by atoms with Crippen LogP contribution in [0.5, 0.6) is 0 Å². The number of carbonyl (C=O) groups is 2. The Balaban J connectivity index is 2.22. The van der Waals surface area contributed by atoms with E-state index in [1.165, 1.54) is 9.58 Å². The van der Waals surface area contributed by atoms with Gasteiger partial charge < -0.3 is 9.64 Å². The van der Waals surface area contributed by atoms with Crippen molar-refractivity contribution < 1.29 is 22.7 Å². The van der Waals surface area contributed by atoms with E-state index >= 15 is 0 Å². The smallest absolute Gasteiger partial charge is 0.329 e. The number of halogens is 1. The molecule has 0 aliphatic carbocycles. The zero-order valence-electron chi connectivity index (χ0n) is 13.1. The molecule has 8 nitrogen and oxygen atoms in total. The molecule has 0 saturated carbocycles. The molecule has 0 spiro atoms. The summed E-state index contributed by atoms with van der Waals surface area (Å²) in [6.45, 7) is 3.29. The van der Waals surface area contributed by atoms with Crippen LogP contribution in [0.3, 0.4) is 0 Å². The highest BCUT2D eigenvalue weighted by Crippen LogP contribution is 2.20. The maximum atomic E-state index is 12.5. The van der Waals surface area contributed by atoms with Crippen LogP contribution in [-0.2, 0) is 30.7 Å². The third-order valence-corrected chi connectivity index (χ3v) is 5.98. The van der Waals surface area contributed by atoms with Crippen LogP contribution in [0.1, 0.15) is 11.4 Å². The first-order chi connectivity index (χ1) is 10.7.